The predicted octanol–water partition coefficient (Wildman–Crippen LogP) is -5.12. The standard InChI is InChI=1S/C72H123N21O21/c1-10-40(8)58(93-63(105)45(19-12-15-25-74)84-67(109)51(31-42-34-77-36-80-42)88-59(101)43(18-11-14-24-73)82-62(104)47(81-41(9)95)22-23-56(97)98)70(112)91-50(30-39(6)7)66(108)89-52-32-55(96)78-26-16-13-20-44(60(102)90-53(33-57(99)100)69(111)92-54(35-94)71(113)114)83-64(106)48(28-37(2)3)87-65(107)49(29-38(4)5)86-61(103)46(85-68(52)110)21-17-27-79-72(75)76/h34,36-40,43-54,58,94H,10-33,35,73-74H2,1-9H3,(H,77,80)(H,78,96)(H,81,95)(H,82,104)(H,83,106)(H,84,109)(H,85,110)(H,86,103)(H,87,107)(H,88,101)(H,89,108)(H,90,102)(H,91,112)(H,92,111)(H,93,105)(H,97,98)(H,99,100)(H,113,114)(H4,75,76,79)/t40-,43-,44-,45-,46-,47-,48-,49-,50-,51-,52-,53-,54-,58-/m0/s1. The number of rotatable bonds is 46. The van der Waals surface area contributed by atoms with Crippen molar-refractivity contribution in [2.45, 2.75) is 269 Å². The van der Waals surface area contributed by atoms with Gasteiger partial charge in [-0.1, -0.05) is 61.8 Å². The summed E-state index contributed by atoms with van der Waals surface area (Å²) in [7, 11) is 0. The van der Waals surface area contributed by atoms with Gasteiger partial charge in [0, 0.05) is 44.7 Å². The number of carboxylic acid groups (broad SMARTS) is 3. The summed E-state index contributed by atoms with van der Waals surface area (Å²) in [5, 5.41) is 73.8. The van der Waals surface area contributed by atoms with Crippen LogP contribution in [0.4, 0.5) is 0 Å². The first-order valence-electron chi connectivity index (χ1n) is 38.6. The van der Waals surface area contributed by atoms with Crippen LogP contribution in [0.25, 0.3) is 0 Å². The van der Waals surface area contributed by atoms with Gasteiger partial charge in [-0.05, 0) is 133 Å². The first-order chi connectivity index (χ1) is 53.7. The van der Waals surface area contributed by atoms with Gasteiger partial charge in [-0.3, -0.25) is 81.7 Å². The highest BCUT2D eigenvalue weighted by Crippen LogP contribution is 2.17. The number of aromatic amines is 1. The van der Waals surface area contributed by atoms with Gasteiger partial charge < -0.3 is 123 Å². The Hall–Kier alpha value is -10.6. The normalized spacial score (nSPS) is 19.0. The number of hydrogen-bond acceptors (Lipinski definition) is 22. The number of aliphatic hydroxyl groups excluding tert-OH is 1. The number of imidazole rings is 1. The maximum Gasteiger partial charge on any atom is 0.328 e. The van der Waals surface area contributed by atoms with Crippen molar-refractivity contribution in [3.63, 3.8) is 0 Å². The number of nitrogens with two attached hydrogens (primary N) is 4. The zero-order valence-corrected chi connectivity index (χ0v) is 66.6. The minimum Gasteiger partial charge on any atom is -0.481 e. The highest BCUT2D eigenvalue weighted by molar-refractivity contribution is 6.01. The number of carbonyl (C=O) groups is 17. The van der Waals surface area contributed by atoms with Crippen molar-refractivity contribution < 1.29 is 102 Å². The molecule has 42 heteroatoms. The summed E-state index contributed by atoms with van der Waals surface area (Å²) in [6.07, 6.45) is 0.348. The number of hydrogen-bond donors (Lipinski definition) is 23. The number of aromatic nitrogens is 2. The van der Waals surface area contributed by atoms with E-state index in [2.05, 4.69) is 84.1 Å². The minimum absolute atomic E-state index is 0.0110. The summed E-state index contributed by atoms with van der Waals surface area (Å²) < 4.78 is 0. The molecule has 0 radical (unpaired) electrons. The first kappa shape index (κ1) is 99.4. The molecule has 1 fully saturated rings. The Bertz CT molecular complexity index is 3390. The van der Waals surface area contributed by atoms with Gasteiger partial charge in [0.05, 0.1) is 25.8 Å². The average Bonchev–Trinajstić information content (AvgIpc) is 1.08. The number of unbranched alkanes of at least 4 members (excludes halogenated alkanes) is 2. The molecule has 1 saturated heterocycles. The zero-order valence-electron chi connectivity index (χ0n) is 66.6. The lowest BCUT2D eigenvalue weighted by Gasteiger charge is -2.30. The van der Waals surface area contributed by atoms with Gasteiger partial charge in [0.1, 0.15) is 78.5 Å². The van der Waals surface area contributed by atoms with Crippen LogP contribution in [0.2, 0.25) is 0 Å². The molecule has 42 nitrogen and oxygen atoms in total. The second kappa shape index (κ2) is 52.6. The first-order valence-corrected chi connectivity index (χ1v) is 38.6. The van der Waals surface area contributed by atoms with Crippen LogP contribution in [-0.2, 0) is 87.9 Å². The molecule has 1 aliphatic heterocycles. The Morgan fingerprint density at radius 3 is 1.59 bits per heavy atom. The van der Waals surface area contributed by atoms with Gasteiger partial charge in [-0.25, -0.2) is 9.78 Å². The van der Waals surface area contributed by atoms with Gasteiger partial charge in [-0.2, -0.15) is 0 Å². The van der Waals surface area contributed by atoms with Crippen molar-refractivity contribution in [1.82, 2.24) is 84.4 Å². The number of nitrogens with one attached hydrogen (secondary N) is 15. The molecule has 1 aromatic rings. The van der Waals surface area contributed by atoms with E-state index in [1.54, 1.807) is 55.4 Å². The number of nitrogens with zero attached hydrogens (tertiary/aromatic N) is 2. The third-order valence-electron chi connectivity index (χ3n) is 18.2. The molecule has 0 bridgehead atoms. The fourth-order valence-electron chi connectivity index (χ4n) is 12.0. The van der Waals surface area contributed by atoms with Crippen LogP contribution in [0.3, 0.4) is 0 Å². The molecular formula is C72H123N21O21. The molecule has 2 rings (SSSR count). The summed E-state index contributed by atoms with van der Waals surface area (Å²) in [5.41, 5.74) is 23.2. The predicted molar refractivity (Wildman–Crippen MR) is 412 cm³/mol. The molecule has 27 N–H and O–H groups in total. The third kappa shape index (κ3) is 38.7. The Labute approximate surface area is 662 Å². The Kier molecular flexibility index (Phi) is 45.9. The highest BCUT2D eigenvalue weighted by atomic mass is 16.4. The molecule has 114 heavy (non-hydrogen) atoms. The van der Waals surface area contributed by atoms with E-state index in [0.717, 1.165) is 6.92 Å². The van der Waals surface area contributed by atoms with Crippen LogP contribution in [0.1, 0.15) is 190 Å². The van der Waals surface area contributed by atoms with Crippen LogP contribution < -0.4 is 97.4 Å². The molecule has 14 atom stereocenters. The van der Waals surface area contributed by atoms with E-state index in [4.69, 9.17) is 22.9 Å². The molecule has 1 aliphatic rings. The lowest BCUT2D eigenvalue weighted by molar-refractivity contribution is -0.144. The Morgan fingerprint density at radius 2 is 1.09 bits per heavy atom. The molecule has 0 unspecified atom stereocenters. The monoisotopic (exact) mass is 1620 g/mol. The van der Waals surface area contributed by atoms with Gasteiger partial charge in [0.25, 0.3) is 0 Å². The lowest BCUT2D eigenvalue weighted by atomic mass is 9.96. The number of amides is 14. The van der Waals surface area contributed by atoms with Crippen LogP contribution >= 0.6 is 0 Å². The quantitative estimate of drug-likeness (QED) is 0.0165. The average molecular weight is 1620 g/mol. The van der Waals surface area contributed by atoms with Crippen LogP contribution in [0.5, 0.6) is 0 Å². The summed E-state index contributed by atoms with van der Waals surface area (Å²) in [6, 6.07) is -20.4. The third-order valence-corrected chi connectivity index (χ3v) is 18.2. The highest BCUT2D eigenvalue weighted by Gasteiger charge is 2.40. The van der Waals surface area contributed by atoms with Crippen molar-refractivity contribution in [2.24, 2.45) is 51.6 Å². The maximum absolute atomic E-state index is 15.0. The number of carbonyl (C=O) groups excluding carboxylic acids is 14. The van der Waals surface area contributed by atoms with E-state index in [9.17, 15) is 102 Å². The smallest absolute Gasteiger partial charge is 0.328 e. The lowest BCUT2D eigenvalue weighted by Crippen LogP contribution is -2.62. The summed E-state index contributed by atoms with van der Waals surface area (Å²) in [6.45, 7) is 13.8. The van der Waals surface area contributed by atoms with Gasteiger partial charge in [0.2, 0.25) is 82.7 Å². The van der Waals surface area contributed by atoms with E-state index < -0.39 is 217 Å². The van der Waals surface area contributed by atoms with Crippen molar-refractivity contribution in [1.29, 1.82) is 0 Å². The molecule has 0 saturated carbocycles. The van der Waals surface area contributed by atoms with Crippen LogP contribution in [0.15, 0.2) is 17.5 Å². The van der Waals surface area contributed by atoms with Crippen LogP contribution in [0, 0.1) is 23.7 Å². The molecule has 0 aromatic carbocycles. The van der Waals surface area contributed by atoms with Crippen molar-refractivity contribution in [3.8, 4) is 0 Å². The molecule has 1 aromatic heterocycles. The fourth-order valence-corrected chi connectivity index (χ4v) is 12.0. The zero-order chi connectivity index (χ0) is 85.9. The Morgan fingerprint density at radius 1 is 0.570 bits per heavy atom. The number of guanidine groups is 1. The molecule has 0 aliphatic carbocycles. The number of carboxylic acids is 3. The minimum atomic E-state index is -1.96. The number of aliphatic imine (C=N–C) groups is 1. The largest absolute Gasteiger partial charge is 0.481 e. The summed E-state index contributed by atoms with van der Waals surface area (Å²) in [5.74, 6) is -20.0. The second-order valence-corrected chi connectivity index (χ2v) is 29.6. The SMILES string of the molecule is CC[C@H](C)[C@H](NC(=O)[C@H](CCCCN)NC(=O)[C@H](Cc1cnc[nH]1)NC(=O)[C@H](CCCCN)NC(=O)[C@H](CCC(=O)O)NC(C)=O)C(=O)N[C@@H](CC(C)C)C(=O)N[C@H]1CC(=O)NCCCC[C@@H](C(=O)N[C@@H](CC(=O)O)C(=O)N[C@@H](CO)C(=O)O)NC(=O)[C@H](CC(C)C)NC(=O)[C@H](CC(C)C)NC(=O)[C@H](CCCN=C(N)N)NC1=O. The molecule has 0 spiro atoms. The van der Waals surface area contributed by atoms with Crippen molar-refractivity contribution >= 4 is 107 Å². The van der Waals surface area contributed by atoms with E-state index >= 15 is 0 Å². The van der Waals surface area contributed by atoms with Gasteiger partial charge in [0.15, 0.2) is 5.96 Å². The Balaban J connectivity index is 2.78. The fraction of sp³-hybridized carbons (Fsp3) is 0.708. The van der Waals surface area contributed by atoms with Crippen molar-refractivity contribution in [3.05, 3.63) is 18.2 Å². The molecule has 14 amide bonds. The topological polar surface area (TPSA) is 685 Å². The number of aliphatic carboxylic acids is 3. The van der Waals surface area contributed by atoms with E-state index in [-0.39, 0.29) is 134 Å². The number of H-pyrrole nitrogens is 1. The number of aliphatic hydroxyl groups is 1. The van der Waals surface area contributed by atoms with Crippen molar-refractivity contribution in [2.75, 3.05) is 32.8 Å². The molecule has 2 heterocycles. The van der Waals surface area contributed by atoms with Crippen LogP contribution in [-0.4, -0.2) is 248 Å². The van der Waals surface area contributed by atoms with Gasteiger partial charge in [-0.15, -0.1) is 0 Å². The second-order valence-electron chi connectivity index (χ2n) is 29.6. The van der Waals surface area contributed by atoms with E-state index in [0.29, 0.717) is 25.0 Å². The van der Waals surface area contributed by atoms with E-state index in [1.807, 2.05) is 5.32 Å². The van der Waals surface area contributed by atoms with E-state index in [1.165, 1.54) is 12.5 Å². The summed E-state index contributed by atoms with van der Waals surface area (Å²) >= 11 is 0. The van der Waals surface area contributed by atoms with Gasteiger partial charge >= 0.3 is 17.9 Å². The maximum atomic E-state index is 15.0. The molecular weight excluding hydrogens is 1490 g/mol. The summed E-state index contributed by atoms with van der Waals surface area (Å²) in [4.78, 5) is 246. The molecule has 642 valence electrons.